The van der Waals surface area contributed by atoms with E-state index in [1.54, 1.807) is 45.3 Å². The maximum atomic E-state index is 13.1. The van der Waals surface area contributed by atoms with Gasteiger partial charge in [-0.3, -0.25) is 24.7 Å². The molecule has 1 unspecified atom stereocenters. The molecular weight excluding hydrogens is 955 g/mol. The van der Waals surface area contributed by atoms with Crippen molar-refractivity contribution in [1.82, 2.24) is 19.8 Å². The maximum absolute atomic E-state index is 13.1. The van der Waals surface area contributed by atoms with Crippen LogP contribution in [0, 0.1) is 0 Å². The number of amides is 4. The first-order chi connectivity index (χ1) is 33.7. The third kappa shape index (κ3) is 15.2. The lowest BCUT2D eigenvalue weighted by molar-refractivity contribution is -0.120. The van der Waals surface area contributed by atoms with Crippen LogP contribution in [0.15, 0.2) is 146 Å². The zero-order valence-corrected chi connectivity index (χ0v) is 41.1. The van der Waals surface area contributed by atoms with Gasteiger partial charge in [0, 0.05) is 36.6 Å². The lowest BCUT2D eigenvalue weighted by Gasteiger charge is -2.24. The molecule has 6 aromatic rings. The Morgan fingerprint density at radius 2 is 0.986 bits per heavy atom. The quantitative estimate of drug-likeness (QED) is 0.0765. The van der Waals surface area contributed by atoms with E-state index < -0.39 is 41.2 Å². The number of benzene rings is 4. The van der Waals surface area contributed by atoms with E-state index in [1.807, 2.05) is 121 Å². The SMILES string of the molecule is CC(C)(C)OC(=O)Nc1c(-c2ccccc2)ccnc1Cl.O=C(Cl)[C@@H]1CCCN1C(=O)OCc1ccccc1.O=C(Nc1c(-c2ccccc2)ccnc1Cl)C1CCCN1C(=O)OCc1ccccc1. The number of nitrogens with zero attached hydrogens (tertiary/aromatic N) is 4. The molecule has 4 heterocycles. The van der Waals surface area contributed by atoms with Crippen LogP contribution in [0.5, 0.6) is 0 Å². The van der Waals surface area contributed by atoms with E-state index in [0.717, 1.165) is 46.2 Å². The van der Waals surface area contributed by atoms with Crippen LogP contribution >= 0.6 is 34.8 Å². The van der Waals surface area contributed by atoms with Crippen LogP contribution in [0.25, 0.3) is 22.3 Å². The number of anilines is 2. The van der Waals surface area contributed by atoms with Crippen LogP contribution < -0.4 is 10.6 Å². The molecule has 364 valence electrons. The minimum absolute atomic E-state index is 0.164. The van der Waals surface area contributed by atoms with Crippen molar-refractivity contribution < 1.29 is 38.2 Å². The number of aromatic nitrogens is 2. The fourth-order valence-corrected chi connectivity index (χ4v) is 8.16. The first-order valence-corrected chi connectivity index (χ1v) is 23.7. The Bertz CT molecular complexity index is 2700. The Labute approximate surface area is 422 Å². The predicted octanol–water partition coefficient (Wildman–Crippen LogP) is 12.4. The summed E-state index contributed by atoms with van der Waals surface area (Å²) in [5.41, 5.74) is 5.52. The van der Waals surface area contributed by atoms with Gasteiger partial charge in [0.1, 0.15) is 30.9 Å². The van der Waals surface area contributed by atoms with Crippen LogP contribution in [0.3, 0.4) is 0 Å². The number of carbonyl (C=O) groups is 5. The molecule has 4 aromatic carbocycles. The van der Waals surface area contributed by atoms with Gasteiger partial charge in [-0.25, -0.2) is 24.4 Å². The summed E-state index contributed by atoms with van der Waals surface area (Å²) in [6.07, 6.45) is 4.35. The van der Waals surface area contributed by atoms with E-state index in [1.165, 1.54) is 9.80 Å². The van der Waals surface area contributed by atoms with Crippen molar-refractivity contribution in [3.8, 4) is 22.3 Å². The summed E-state index contributed by atoms with van der Waals surface area (Å²) in [7, 11) is 0. The van der Waals surface area contributed by atoms with Crippen molar-refractivity contribution in [2.45, 2.75) is 77.4 Å². The number of likely N-dealkylation sites (tertiary alicyclic amines) is 2. The van der Waals surface area contributed by atoms with E-state index in [4.69, 9.17) is 49.0 Å². The first-order valence-electron chi connectivity index (χ1n) is 22.5. The second-order valence-corrected chi connectivity index (χ2v) is 18.1. The maximum Gasteiger partial charge on any atom is 0.412 e. The summed E-state index contributed by atoms with van der Waals surface area (Å²) in [6.45, 7) is 6.77. The van der Waals surface area contributed by atoms with E-state index in [9.17, 15) is 24.0 Å². The van der Waals surface area contributed by atoms with Crippen LogP contribution in [0.4, 0.5) is 25.8 Å². The topological polar surface area (TPSA) is 169 Å². The molecule has 2 N–H and O–H groups in total. The predicted molar refractivity (Wildman–Crippen MR) is 271 cm³/mol. The van der Waals surface area contributed by atoms with Crippen LogP contribution in [-0.2, 0) is 37.0 Å². The number of halogens is 3. The second kappa shape index (κ2) is 25.6. The molecule has 2 fully saturated rings. The molecule has 14 nitrogen and oxygen atoms in total. The molecule has 70 heavy (non-hydrogen) atoms. The van der Waals surface area contributed by atoms with E-state index >= 15 is 0 Å². The van der Waals surface area contributed by atoms with Gasteiger partial charge in [0.25, 0.3) is 0 Å². The highest BCUT2D eigenvalue weighted by Gasteiger charge is 2.36. The van der Waals surface area contributed by atoms with Gasteiger partial charge < -0.3 is 19.5 Å². The molecule has 0 spiro atoms. The van der Waals surface area contributed by atoms with Gasteiger partial charge in [-0.05, 0) is 92.4 Å². The third-order valence-corrected chi connectivity index (χ3v) is 11.6. The van der Waals surface area contributed by atoms with E-state index in [-0.39, 0.29) is 29.4 Å². The van der Waals surface area contributed by atoms with Crippen molar-refractivity contribution in [3.63, 3.8) is 0 Å². The Kier molecular flexibility index (Phi) is 19.1. The van der Waals surface area contributed by atoms with E-state index in [2.05, 4.69) is 20.6 Å². The molecule has 0 bridgehead atoms. The normalized spacial score (nSPS) is 15.0. The van der Waals surface area contributed by atoms with Crippen molar-refractivity contribution in [2.75, 3.05) is 23.7 Å². The molecule has 17 heteroatoms. The van der Waals surface area contributed by atoms with Gasteiger partial charge >= 0.3 is 18.3 Å². The minimum atomic E-state index is -0.622. The molecule has 0 radical (unpaired) electrons. The number of ether oxygens (including phenoxy) is 3. The summed E-state index contributed by atoms with van der Waals surface area (Å²) < 4.78 is 15.8. The number of hydrogen-bond donors (Lipinski definition) is 2. The average Bonchev–Trinajstić information content (AvgIpc) is 4.07. The Morgan fingerprint density at radius 1 is 0.586 bits per heavy atom. The fourth-order valence-electron chi connectivity index (χ4n) is 7.52. The number of pyridine rings is 2. The monoisotopic (exact) mass is 1010 g/mol. The largest absolute Gasteiger partial charge is 0.445 e. The van der Waals surface area contributed by atoms with Crippen molar-refractivity contribution in [1.29, 1.82) is 0 Å². The molecule has 2 aliphatic rings. The number of hydrogen-bond acceptors (Lipinski definition) is 10. The van der Waals surface area contributed by atoms with Gasteiger partial charge in [-0.2, -0.15) is 0 Å². The zero-order chi connectivity index (χ0) is 50.0. The first kappa shape index (κ1) is 52.4. The van der Waals surface area contributed by atoms with Crippen molar-refractivity contribution >= 4 is 75.6 Å². The molecule has 0 aliphatic carbocycles. The Hall–Kier alpha value is -7.00. The number of carbonyl (C=O) groups excluding carboxylic acids is 5. The Morgan fingerprint density at radius 3 is 1.41 bits per heavy atom. The highest BCUT2D eigenvalue weighted by atomic mass is 35.5. The highest BCUT2D eigenvalue weighted by Crippen LogP contribution is 2.35. The molecule has 4 amide bonds. The average molecular weight is 1010 g/mol. The molecule has 0 saturated carbocycles. The molecule has 8 rings (SSSR count). The van der Waals surface area contributed by atoms with Crippen LogP contribution in [0.1, 0.15) is 57.6 Å². The highest BCUT2D eigenvalue weighted by molar-refractivity contribution is 6.64. The number of rotatable bonds is 10. The standard InChI is InChI=1S/C24H22ClN3O3.C16H17ClN2O2.C13H14ClNO3/c25-22-21(19(13-14-26-22)18-10-5-2-6-11-18)27-23(29)20-12-7-15-28(20)24(30)31-16-17-8-3-1-4-9-17;1-16(2,3)21-15(20)19-13-12(9-10-18-14(13)17)11-7-5-4-6-8-11;14-12(16)11-7-4-8-15(11)13(17)18-9-10-5-2-1-3-6-10/h1-6,8-11,13-14,20H,7,12,15-16H2,(H,27,29);4-10H,1-3H3,(H,19,20);1-3,5-6,11H,4,7-9H2/t;;11-/m..0/s1. The summed E-state index contributed by atoms with van der Waals surface area (Å²) in [5, 5.41) is 5.50. The van der Waals surface area contributed by atoms with Crippen molar-refractivity contribution in [2.24, 2.45) is 0 Å². The number of nitrogens with one attached hydrogen (secondary N) is 2. The van der Waals surface area contributed by atoms with Gasteiger partial charge in [-0.1, -0.05) is 145 Å². The summed E-state index contributed by atoms with van der Waals surface area (Å²) in [4.78, 5) is 71.6. The molecule has 2 aromatic heterocycles. The summed E-state index contributed by atoms with van der Waals surface area (Å²) in [6, 6.07) is 40.5. The van der Waals surface area contributed by atoms with Crippen LogP contribution in [-0.4, -0.2) is 80.0 Å². The van der Waals surface area contributed by atoms with Crippen LogP contribution in [0.2, 0.25) is 10.3 Å². The van der Waals surface area contributed by atoms with Gasteiger partial charge in [0.2, 0.25) is 11.1 Å². The summed E-state index contributed by atoms with van der Waals surface area (Å²) in [5.74, 6) is -0.304. The summed E-state index contributed by atoms with van der Waals surface area (Å²) >= 11 is 17.9. The molecule has 2 atom stereocenters. The lowest BCUT2D eigenvalue weighted by atomic mass is 10.1. The lowest BCUT2D eigenvalue weighted by Crippen LogP contribution is -2.43. The molecule has 2 saturated heterocycles. The van der Waals surface area contributed by atoms with Crippen molar-refractivity contribution in [3.05, 3.63) is 167 Å². The Balaban J connectivity index is 0.000000181. The van der Waals surface area contributed by atoms with Gasteiger partial charge in [0.05, 0.1) is 11.4 Å². The van der Waals surface area contributed by atoms with Gasteiger partial charge in [-0.15, -0.1) is 0 Å². The second-order valence-electron chi connectivity index (χ2n) is 17.0. The van der Waals surface area contributed by atoms with Gasteiger partial charge in [0.15, 0.2) is 10.3 Å². The third-order valence-electron chi connectivity index (χ3n) is 10.8. The fraction of sp³-hybridized carbons (Fsp3) is 0.264. The molecular formula is C53H53Cl3N6O8. The minimum Gasteiger partial charge on any atom is -0.445 e. The zero-order valence-electron chi connectivity index (χ0n) is 38.9. The molecule has 2 aliphatic heterocycles. The van der Waals surface area contributed by atoms with E-state index in [0.29, 0.717) is 37.3 Å². The smallest absolute Gasteiger partial charge is 0.412 e.